The summed E-state index contributed by atoms with van der Waals surface area (Å²) in [6.07, 6.45) is 6.05. The quantitative estimate of drug-likeness (QED) is 0.790. The van der Waals surface area contributed by atoms with Gasteiger partial charge in [0.15, 0.2) is 0 Å². The molecule has 1 aromatic carbocycles. The van der Waals surface area contributed by atoms with Gasteiger partial charge in [-0.2, -0.15) is 0 Å². The van der Waals surface area contributed by atoms with E-state index in [1.54, 1.807) is 0 Å². The highest BCUT2D eigenvalue weighted by atomic mass is 79.9. The summed E-state index contributed by atoms with van der Waals surface area (Å²) in [6, 6.07) is 3.90. The Bertz CT molecular complexity index is 756. The number of benzene rings is 1. The molecule has 3 rings (SSSR count). The number of hydrogen-bond acceptors (Lipinski definition) is 1. The Balaban J connectivity index is 2.20. The van der Waals surface area contributed by atoms with Gasteiger partial charge in [-0.15, -0.1) is 0 Å². The Kier molecular flexibility index (Phi) is 3.05. The molecule has 0 spiro atoms. The van der Waals surface area contributed by atoms with Gasteiger partial charge in [0.2, 0.25) is 0 Å². The third-order valence-electron chi connectivity index (χ3n) is 3.66. The summed E-state index contributed by atoms with van der Waals surface area (Å²) in [6.45, 7) is 4.07. The van der Waals surface area contributed by atoms with Crippen LogP contribution in [0.15, 0.2) is 29.0 Å². The number of fused-ring (bicyclic) bond motifs is 1. The largest absolute Gasteiger partial charge is 0.356 e. The molecular formula is C16H15BrN2O. The maximum Gasteiger partial charge on any atom is 0.256 e. The van der Waals surface area contributed by atoms with Gasteiger partial charge < -0.3 is 9.88 Å². The Morgan fingerprint density at radius 3 is 2.65 bits per heavy atom. The first-order chi connectivity index (χ1) is 9.47. The van der Waals surface area contributed by atoms with Gasteiger partial charge in [-0.3, -0.25) is 4.79 Å². The van der Waals surface area contributed by atoms with Crippen LogP contribution in [0.3, 0.4) is 0 Å². The molecule has 1 amide bonds. The number of carbonyl (C=O) groups is 1. The molecule has 20 heavy (non-hydrogen) atoms. The minimum atomic E-state index is -0.0375. The van der Waals surface area contributed by atoms with Crippen molar-refractivity contribution in [2.45, 2.75) is 13.8 Å². The maximum atomic E-state index is 12.2. The summed E-state index contributed by atoms with van der Waals surface area (Å²) in [4.78, 5) is 12.2. The second-order valence-electron chi connectivity index (χ2n) is 5.17. The van der Waals surface area contributed by atoms with E-state index in [1.807, 2.05) is 56.1 Å². The Hall–Kier alpha value is -1.81. The number of hydrogen-bond donors (Lipinski definition) is 1. The van der Waals surface area contributed by atoms with Crippen LogP contribution >= 0.6 is 15.9 Å². The zero-order valence-electron chi connectivity index (χ0n) is 11.6. The van der Waals surface area contributed by atoms with E-state index in [4.69, 9.17) is 0 Å². The van der Waals surface area contributed by atoms with Crippen molar-refractivity contribution in [3.05, 3.63) is 51.3 Å². The molecule has 2 aromatic rings. The molecule has 1 aliphatic rings. The number of nitrogens with zero attached hydrogens (tertiary/aromatic N) is 1. The first kappa shape index (κ1) is 13.2. The third kappa shape index (κ3) is 2.00. The van der Waals surface area contributed by atoms with Crippen LogP contribution in [-0.4, -0.2) is 10.5 Å². The van der Waals surface area contributed by atoms with E-state index < -0.39 is 0 Å². The molecule has 1 aromatic heterocycles. The Morgan fingerprint density at radius 1 is 1.25 bits per heavy atom. The van der Waals surface area contributed by atoms with Crippen molar-refractivity contribution in [1.29, 1.82) is 0 Å². The van der Waals surface area contributed by atoms with E-state index in [-0.39, 0.29) is 5.91 Å². The molecule has 0 saturated carbocycles. The van der Waals surface area contributed by atoms with Crippen molar-refractivity contribution < 1.29 is 4.79 Å². The summed E-state index contributed by atoms with van der Waals surface area (Å²) >= 11 is 3.53. The lowest BCUT2D eigenvalue weighted by Gasteiger charge is -2.05. The van der Waals surface area contributed by atoms with Gasteiger partial charge in [-0.1, -0.05) is 15.9 Å². The molecule has 0 unspecified atom stereocenters. The van der Waals surface area contributed by atoms with Crippen molar-refractivity contribution >= 4 is 39.2 Å². The molecule has 0 atom stereocenters. The fourth-order valence-corrected chi connectivity index (χ4v) is 2.95. The minimum absolute atomic E-state index is 0.0375. The average Bonchev–Trinajstić information content (AvgIpc) is 2.86. The molecule has 0 aliphatic carbocycles. The third-order valence-corrected chi connectivity index (χ3v) is 4.52. The number of rotatable bonds is 1. The highest BCUT2D eigenvalue weighted by molar-refractivity contribution is 9.10. The zero-order chi connectivity index (χ0) is 14.4. The molecule has 0 saturated heterocycles. The molecule has 102 valence electrons. The molecule has 2 heterocycles. The van der Waals surface area contributed by atoms with E-state index in [2.05, 4.69) is 21.2 Å². The van der Waals surface area contributed by atoms with Crippen LogP contribution in [0, 0.1) is 13.8 Å². The fraction of sp³-hybridized carbons (Fsp3) is 0.188. The lowest BCUT2D eigenvalue weighted by atomic mass is 9.99. The highest BCUT2D eigenvalue weighted by Gasteiger charge is 2.26. The molecule has 0 bridgehead atoms. The first-order valence-corrected chi connectivity index (χ1v) is 7.22. The van der Waals surface area contributed by atoms with Crippen molar-refractivity contribution in [2.24, 2.45) is 7.05 Å². The predicted molar refractivity (Wildman–Crippen MR) is 85.5 cm³/mol. The van der Waals surface area contributed by atoms with Gasteiger partial charge in [0, 0.05) is 40.7 Å². The highest BCUT2D eigenvalue weighted by Crippen LogP contribution is 2.38. The smallest absolute Gasteiger partial charge is 0.256 e. The average molecular weight is 331 g/mol. The monoisotopic (exact) mass is 330 g/mol. The van der Waals surface area contributed by atoms with Gasteiger partial charge in [0.05, 0.1) is 0 Å². The molecule has 1 aliphatic heterocycles. The summed E-state index contributed by atoms with van der Waals surface area (Å²) in [5.74, 6) is -0.0375. The number of aromatic nitrogens is 1. The van der Waals surface area contributed by atoms with E-state index >= 15 is 0 Å². The van der Waals surface area contributed by atoms with Crippen LogP contribution in [0.25, 0.3) is 11.6 Å². The predicted octanol–water partition coefficient (Wildman–Crippen LogP) is 3.90. The first-order valence-electron chi connectivity index (χ1n) is 6.42. The van der Waals surface area contributed by atoms with Crippen LogP contribution in [0.2, 0.25) is 0 Å². The van der Waals surface area contributed by atoms with Crippen molar-refractivity contribution in [3.8, 4) is 0 Å². The number of nitrogens with one attached hydrogen (secondary N) is 1. The second kappa shape index (κ2) is 4.63. The van der Waals surface area contributed by atoms with Crippen LogP contribution in [0.5, 0.6) is 0 Å². The standard InChI is InChI=1S/C16H15BrN2O/c1-9-7-19(3)8-11(9)6-12-15-10(2)13(17)4-5-14(15)18-16(12)20/h4-8H,1-3H3,(H,18,20). The van der Waals surface area contributed by atoms with Gasteiger partial charge in [0.25, 0.3) is 5.91 Å². The number of carbonyl (C=O) groups excluding carboxylic acids is 1. The molecule has 1 N–H and O–H groups in total. The zero-order valence-corrected chi connectivity index (χ0v) is 13.2. The minimum Gasteiger partial charge on any atom is -0.356 e. The number of anilines is 1. The van der Waals surface area contributed by atoms with Gasteiger partial charge in [0.1, 0.15) is 0 Å². The van der Waals surface area contributed by atoms with Crippen molar-refractivity contribution in [2.75, 3.05) is 5.32 Å². The van der Waals surface area contributed by atoms with Crippen LogP contribution < -0.4 is 5.32 Å². The SMILES string of the molecule is Cc1cn(C)cc1C=C1C(=O)Nc2ccc(Br)c(C)c21. The van der Waals surface area contributed by atoms with Crippen LogP contribution in [0.4, 0.5) is 5.69 Å². The van der Waals surface area contributed by atoms with Crippen molar-refractivity contribution in [1.82, 2.24) is 4.57 Å². The molecule has 3 nitrogen and oxygen atoms in total. The normalized spacial score (nSPS) is 15.6. The summed E-state index contributed by atoms with van der Waals surface area (Å²) < 4.78 is 3.02. The second-order valence-corrected chi connectivity index (χ2v) is 6.02. The lowest BCUT2D eigenvalue weighted by Crippen LogP contribution is -2.03. The summed E-state index contributed by atoms with van der Waals surface area (Å²) in [7, 11) is 1.99. The fourth-order valence-electron chi connectivity index (χ4n) is 2.62. The summed E-state index contributed by atoms with van der Waals surface area (Å²) in [5, 5.41) is 2.93. The van der Waals surface area contributed by atoms with Crippen LogP contribution in [0.1, 0.15) is 22.3 Å². The topological polar surface area (TPSA) is 34.0 Å². The number of amides is 1. The summed E-state index contributed by atoms with van der Waals surface area (Å²) in [5.41, 5.74) is 5.93. The molecule has 4 heteroatoms. The van der Waals surface area contributed by atoms with E-state index in [0.29, 0.717) is 0 Å². The molecule has 0 radical (unpaired) electrons. The van der Waals surface area contributed by atoms with Crippen molar-refractivity contribution in [3.63, 3.8) is 0 Å². The van der Waals surface area contributed by atoms with Gasteiger partial charge in [-0.25, -0.2) is 0 Å². The maximum absolute atomic E-state index is 12.2. The van der Waals surface area contributed by atoms with Crippen LogP contribution in [-0.2, 0) is 11.8 Å². The number of halogens is 1. The lowest BCUT2D eigenvalue weighted by molar-refractivity contribution is -0.110. The Morgan fingerprint density at radius 2 is 2.00 bits per heavy atom. The Labute approximate surface area is 126 Å². The van der Waals surface area contributed by atoms with Gasteiger partial charge >= 0.3 is 0 Å². The molecular weight excluding hydrogens is 316 g/mol. The molecule has 0 fully saturated rings. The van der Waals surface area contributed by atoms with E-state index in [1.165, 1.54) is 0 Å². The van der Waals surface area contributed by atoms with E-state index in [9.17, 15) is 4.79 Å². The van der Waals surface area contributed by atoms with Gasteiger partial charge in [-0.05, 0) is 48.7 Å². The van der Waals surface area contributed by atoms with E-state index in [0.717, 1.165) is 38.0 Å². The number of aryl methyl sites for hydroxylation is 2.